The van der Waals surface area contributed by atoms with E-state index in [0.717, 1.165) is 49.3 Å². The number of hydrogen-bond donors (Lipinski definition) is 1. The lowest BCUT2D eigenvalue weighted by Gasteiger charge is -2.10. The van der Waals surface area contributed by atoms with E-state index in [1.807, 2.05) is 48.6 Å². The summed E-state index contributed by atoms with van der Waals surface area (Å²) in [5, 5.41) is 16.8. The summed E-state index contributed by atoms with van der Waals surface area (Å²) in [6, 6.07) is 63.0. The van der Waals surface area contributed by atoms with Crippen LogP contribution in [0.4, 0.5) is 0 Å². The highest BCUT2D eigenvalue weighted by atomic mass is 32.1. The van der Waals surface area contributed by atoms with E-state index in [-0.39, 0.29) is 5.84 Å². The SMILES string of the molecule is CC(=NC(=N)c1cc(-c2ccc(-c3ccc4c(c3)c3c5sc6ccccc6c5ccc3n4-c3ccccc3)cc2)cc2c1sc1ccccc12)c1ccccc1. The molecule has 3 heterocycles. The Kier molecular flexibility index (Phi) is 7.59. The number of benzene rings is 8. The summed E-state index contributed by atoms with van der Waals surface area (Å²) in [7, 11) is 0. The molecule has 11 aromatic rings. The molecule has 0 saturated heterocycles. The van der Waals surface area contributed by atoms with Gasteiger partial charge in [0.25, 0.3) is 0 Å². The molecule has 3 nitrogen and oxygen atoms in total. The summed E-state index contributed by atoms with van der Waals surface area (Å²) in [6.07, 6.45) is 0. The van der Waals surface area contributed by atoms with E-state index < -0.39 is 0 Å². The molecule has 0 bridgehead atoms. The molecule has 0 saturated carbocycles. The molecule has 3 aromatic heterocycles. The van der Waals surface area contributed by atoms with Crippen LogP contribution in [0.5, 0.6) is 0 Å². The first kappa shape index (κ1) is 32.7. The number of aliphatic imine (C=N–C) groups is 1. The van der Waals surface area contributed by atoms with Crippen LogP contribution < -0.4 is 0 Å². The minimum absolute atomic E-state index is 0.275. The Balaban J connectivity index is 1.05. The van der Waals surface area contributed by atoms with Crippen molar-refractivity contribution in [1.82, 2.24) is 4.57 Å². The number of hydrogen-bond acceptors (Lipinski definition) is 3. The van der Waals surface area contributed by atoms with Gasteiger partial charge in [0.1, 0.15) is 0 Å². The van der Waals surface area contributed by atoms with Crippen LogP contribution in [0.3, 0.4) is 0 Å². The number of fused-ring (bicyclic) bond motifs is 10. The van der Waals surface area contributed by atoms with Gasteiger partial charge in [-0.3, -0.25) is 5.41 Å². The highest BCUT2D eigenvalue weighted by molar-refractivity contribution is 7.27. The average molecular weight is 752 g/mol. The Morgan fingerprint density at radius 1 is 0.482 bits per heavy atom. The molecule has 0 radical (unpaired) electrons. The predicted molar refractivity (Wildman–Crippen MR) is 243 cm³/mol. The van der Waals surface area contributed by atoms with Crippen molar-refractivity contribution in [3.05, 3.63) is 187 Å². The zero-order chi connectivity index (χ0) is 37.3. The molecule has 1 N–H and O–H groups in total. The van der Waals surface area contributed by atoms with Crippen molar-refractivity contribution in [2.24, 2.45) is 4.99 Å². The van der Waals surface area contributed by atoms with Gasteiger partial charge in [0.15, 0.2) is 5.84 Å². The highest BCUT2D eigenvalue weighted by Gasteiger charge is 2.19. The van der Waals surface area contributed by atoms with Crippen LogP contribution in [0.2, 0.25) is 0 Å². The summed E-state index contributed by atoms with van der Waals surface area (Å²) < 4.78 is 7.36. The third-order valence-corrected chi connectivity index (χ3v) is 13.5. The summed E-state index contributed by atoms with van der Waals surface area (Å²) in [5.74, 6) is 0.275. The standard InChI is InChI=1S/C51H33N3S2/c1-31(32-12-4-2-5-13-32)53-51(52)43-30-36(29-41-39-17-9-11-19-47(39)55-49(41)43)34-22-20-33(21-23-34)35-24-26-44-42(28-35)48-45(54(44)37-14-6-3-7-15-37)27-25-40-38-16-8-10-18-46(38)56-50(40)48/h2-30,52H,1H3. The molecular formula is C51H33N3S2. The lowest BCUT2D eigenvalue weighted by Crippen LogP contribution is -2.02. The number of amidine groups is 1. The number of nitrogens with zero attached hydrogens (tertiary/aromatic N) is 2. The third kappa shape index (κ3) is 5.24. The van der Waals surface area contributed by atoms with Crippen LogP contribution in [0.15, 0.2) is 181 Å². The molecule has 264 valence electrons. The fourth-order valence-corrected chi connectivity index (χ4v) is 10.8. The minimum Gasteiger partial charge on any atom is -0.309 e. The summed E-state index contributed by atoms with van der Waals surface area (Å²) in [4.78, 5) is 4.83. The molecule has 0 fully saturated rings. The first-order valence-corrected chi connectivity index (χ1v) is 20.4. The van der Waals surface area contributed by atoms with E-state index in [0.29, 0.717) is 0 Å². The Labute approximate surface area is 331 Å². The van der Waals surface area contributed by atoms with E-state index in [9.17, 15) is 5.41 Å². The maximum absolute atomic E-state index is 9.25. The number of aromatic nitrogens is 1. The largest absolute Gasteiger partial charge is 0.309 e. The molecule has 11 rings (SSSR count). The molecule has 0 amide bonds. The summed E-state index contributed by atoms with van der Waals surface area (Å²) in [6.45, 7) is 1.98. The molecule has 0 unspecified atom stereocenters. The molecule has 8 aromatic carbocycles. The topological polar surface area (TPSA) is 41.1 Å². The minimum atomic E-state index is 0.275. The highest BCUT2D eigenvalue weighted by Crippen LogP contribution is 2.45. The van der Waals surface area contributed by atoms with E-state index >= 15 is 0 Å². The summed E-state index contributed by atoms with van der Waals surface area (Å²) in [5.41, 5.74) is 10.8. The fraction of sp³-hybridized carbons (Fsp3) is 0.0196. The van der Waals surface area contributed by atoms with Crippen LogP contribution in [0.1, 0.15) is 18.1 Å². The first-order chi connectivity index (χ1) is 27.6. The molecule has 56 heavy (non-hydrogen) atoms. The number of nitrogens with one attached hydrogen (secondary N) is 1. The molecule has 0 atom stereocenters. The lowest BCUT2D eigenvalue weighted by atomic mass is 9.96. The fourth-order valence-electron chi connectivity index (χ4n) is 8.32. The third-order valence-electron chi connectivity index (χ3n) is 11.0. The normalized spacial score (nSPS) is 12.2. The van der Waals surface area contributed by atoms with Gasteiger partial charge in [-0.05, 0) is 89.3 Å². The van der Waals surface area contributed by atoms with Crippen LogP contribution in [0.25, 0.3) is 90.1 Å². The van der Waals surface area contributed by atoms with Crippen LogP contribution >= 0.6 is 22.7 Å². The molecule has 0 spiro atoms. The van der Waals surface area contributed by atoms with E-state index in [1.54, 1.807) is 11.3 Å². The van der Waals surface area contributed by atoms with Crippen LogP contribution in [0, 0.1) is 5.41 Å². The van der Waals surface area contributed by atoms with Crippen LogP contribution in [-0.2, 0) is 0 Å². The van der Waals surface area contributed by atoms with Crippen molar-refractivity contribution in [1.29, 1.82) is 5.41 Å². The monoisotopic (exact) mass is 751 g/mol. The zero-order valence-corrected chi connectivity index (χ0v) is 32.1. The maximum atomic E-state index is 9.25. The average Bonchev–Trinajstić information content (AvgIpc) is 3.93. The maximum Gasteiger partial charge on any atom is 0.153 e. The number of rotatable bonds is 5. The van der Waals surface area contributed by atoms with Gasteiger partial charge in [0.05, 0.1) is 11.0 Å². The Bertz CT molecular complexity index is 3370. The zero-order valence-electron chi connectivity index (χ0n) is 30.5. The van der Waals surface area contributed by atoms with Gasteiger partial charge in [-0.15, -0.1) is 22.7 Å². The second-order valence-electron chi connectivity index (χ2n) is 14.3. The van der Waals surface area contributed by atoms with Crippen molar-refractivity contribution >= 4 is 96.4 Å². The van der Waals surface area contributed by atoms with Crippen LogP contribution in [-0.4, -0.2) is 16.1 Å². The second-order valence-corrected chi connectivity index (χ2v) is 16.4. The molecule has 0 aliphatic heterocycles. The quantitative estimate of drug-likeness (QED) is 0.134. The van der Waals surface area contributed by atoms with Crippen molar-refractivity contribution in [3.8, 4) is 27.9 Å². The van der Waals surface area contributed by atoms with E-state index in [1.165, 1.54) is 57.6 Å². The predicted octanol–water partition coefficient (Wildman–Crippen LogP) is 14.7. The number of thiophene rings is 2. The first-order valence-electron chi connectivity index (χ1n) is 18.8. The van der Waals surface area contributed by atoms with Gasteiger partial charge >= 0.3 is 0 Å². The van der Waals surface area contributed by atoms with E-state index in [2.05, 4.69) is 150 Å². The molecule has 0 aliphatic rings. The van der Waals surface area contributed by atoms with Gasteiger partial charge in [-0.1, -0.05) is 121 Å². The Hall–Kier alpha value is -6.66. The molecular weight excluding hydrogens is 719 g/mol. The van der Waals surface area contributed by atoms with Crippen molar-refractivity contribution < 1.29 is 0 Å². The van der Waals surface area contributed by atoms with Crippen molar-refractivity contribution in [2.75, 3.05) is 0 Å². The van der Waals surface area contributed by atoms with Gasteiger partial charge in [-0.25, -0.2) is 4.99 Å². The Morgan fingerprint density at radius 2 is 1.05 bits per heavy atom. The van der Waals surface area contributed by atoms with Gasteiger partial charge < -0.3 is 4.57 Å². The van der Waals surface area contributed by atoms with Gasteiger partial charge in [0, 0.05) is 68.1 Å². The second kappa shape index (κ2) is 13.0. The Morgan fingerprint density at radius 3 is 1.79 bits per heavy atom. The van der Waals surface area contributed by atoms with E-state index in [4.69, 9.17) is 4.99 Å². The lowest BCUT2D eigenvalue weighted by molar-refractivity contribution is 1.18. The summed E-state index contributed by atoms with van der Waals surface area (Å²) >= 11 is 3.62. The molecule has 0 aliphatic carbocycles. The number of para-hydroxylation sites is 1. The van der Waals surface area contributed by atoms with Crippen molar-refractivity contribution in [2.45, 2.75) is 6.92 Å². The van der Waals surface area contributed by atoms with Crippen molar-refractivity contribution in [3.63, 3.8) is 0 Å². The van der Waals surface area contributed by atoms with Gasteiger partial charge in [0.2, 0.25) is 0 Å². The smallest absolute Gasteiger partial charge is 0.153 e. The molecule has 5 heteroatoms. The van der Waals surface area contributed by atoms with Gasteiger partial charge in [-0.2, -0.15) is 0 Å².